The smallest absolute Gasteiger partial charge is 0.224 e. The topological polar surface area (TPSA) is 85.3 Å². The van der Waals surface area contributed by atoms with E-state index in [1.807, 2.05) is 31.2 Å². The van der Waals surface area contributed by atoms with E-state index < -0.39 is 0 Å². The molecular weight excluding hydrogens is 392 g/mol. The molecule has 0 radical (unpaired) electrons. The summed E-state index contributed by atoms with van der Waals surface area (Å²) in [6.45, 7) is 1.96. The van der Waals surface area contributed by atoms with E-state index in [0.717, 1.165) is 11.1 Å². The highest BCUT2D eigenvalue weighted by atomic mass is 35.5. The second kappa shape index (κ2) is 7.93. The molecule has 7 heteroatoms. The molecule has 0 atom stereocenters. The average molecular weight is 409 g/mol. The van der Waals surface area contributed by atoms with Crippen molar-refractivity contribution >= 4 is 34.2 Å². The zero-order valence-electron chi connectivity index (χ0n) is 15.6. The monoisotopic (exact) mass is 408 g/mol. The second-order valence-corrected chi connectivity index (χ2v) is 7.05. The molecule has 0 spiro atoms. The Balaban J connectivity index is 1.54. The Morgan fingerprint density at radius 1 is 1.14 bits per heavy atom. The molecule has 29 heavy (non-hydrogen) atoms. The third kappa shape index (κ3) is 4.22. The number of fused-ring (bicyclic) bond motifs is 1. The minimum absolute atomic E-state index is 0.170. The van der Waals surface area contributed by atoms with Crippen molar-refractivity contribution in [3.05, 3.63) is 81.3 Å². The maximum absolute atomic E-state index is 12.6. The number of nitrogens with zero attached hydrogens (tertiary/aromatic N) is 1. The number of carbonyl (C=O) groups excluding carboxylic acids is 1. The summed E-state index contributed by atoms with van der Waals surface area (Å²) in [6.07, 6.45) is 0.575. The van der Waals surface area contributed by atoms with E-state index in [0.29, 0.717) is 34.6 Å². The molecule has 0 bridgehead atoms. The molecule has 1 amide bonds. The molecule has 0 fully saturated rings. The van der Waals surface area contributed by atoms with Crippen molar-refractivity contribution in [2.24, 2.45) is 0 Å². The molecule has 146 valence electrons. The predicted octanol–water partition coefficient (Wildman–Crippen LogP) is 4.98. The van der Waals surface area contributed by atoms with E-state index in [2.05, 4.69) is 10.5 Å². The fourth-order valence-corrected chi connectivity index (χ4v) is 3.24. The number of aromatic nitrogens is 1. The van der Waals surface area contributed by atoms with Crippen LogP contribution in [0, 0.1) is 6.92 Å². The first-order valence-electron chi connectivity index (χ1n) is 9.04. The molecule has 0 aliphatic heterocycles. The Bertz CT molecular complexity index is 1260. The first-order valence-corrected chi connectivity index (χ1v) is 9.42. The van der Waals surface area contributed by atoms with Crippen molar-refractivity contribution in [1.82, 2.24) is 5.16 Å². The van der Waals surface area contributed by atoms with Gasteiger partial charge in [0.25, 0.3) is 0 Å². The number of rotatable bonds is 5. The summed E-state index contributed by atoms with van der Waals surface area (Å²) in [5, 5.41) is 7.01. The lowest BCUT2D eigenvalue weighted by Gasteiger charge is -2.08. The van der Waals surface area contributed by atoms with Crippen molar-refractivity contribution in [2.45, 2.75) is 19.8 Å². The molecule has 2 aromatic carbocycles. The fourth-order valence-electron chi connectivity index (χ4n) is 3.08. The Hall–Kier alpha value is -3.38. The van der Waals surface area contributed by atoms with Gasteiger partial charge in [-0.05, 0) is 30.7 Å². The highest BCUT2D eigenvalue weighted by Crippen LogP contribution is 2.26. The van der Waals surface area contributed by atoms with Gasteiger partial charge in [-0.25, -0.2) is 0 Å². The van der Waals surface area contributed by atoms with Gasteiger partial charge in [0.2, 0.25) is 5.91 Å². The number of hydrogen-bond donors (Lipinski definition) is 1. The maximum Gasteiger partial charge on any atom is 0.224 e. The van der Waals surface area contributed by atoms with E-state index in [1.165, 1.54) is 6.07 Å². The summed E-state index contributed by atoms with van der Waals surface area (Å²) in [7, 11) is 0. The number of anilines is 1. The van der Waals surface area contributed by atoms with E-state index in [1.54, 1.807) is 24.3 Å². The average Bonchev–Trinajstić information content (AvgIpc) is 3.12. The van der Waals surface area contributed by atoms with Crippen LogP contribution in [0.5, 0.6) is 0 Å². The molecule has 4 rings (SSSR count). The number of carbonyl (C=O) groups is 1. The zero-order valence-corrected chi connectivity index (χ0v) is 16.3. The van der Waals surface area contributed by atoms with Crippen LogP contribution in [0.3, 0.4) is 0 Å². The van der Waals surface area contributed by atoms with Gasteiger partial charge >= 0.3 is 0 Å². The Morgan fingerprint density at radius 2 is 1.97 bits per heavy atom. The largest absolute Gasteiger partial charge is 0.456 e. The van der Waals surface area contributed by atoms with Crippen molar-refractivity contribution < 1.29 is 13.7 Å². The molecule has 0 saturated heterocycles. The van der Waals surface area contributed by atoms with E-state index in [-0.39, 0.29) is 22.9 Å². The summed E-state index contributed by atoms with van der Waals surface area (Å²) in [6, 6.07) is 15.8. The molecule has 0 aliphatic rings. The van der Waals surface area contributed by atoms with E-state index >= 15 is 0 Å². The number of nitrogens with one attached hydrogen (secondary N) is 1. The van der Waals surface area contributed by atoms with Crippen molar-refractivity contribution in [1.29, 1.82) is 0 Å². The second-order valence-electron chi connectivity index (χ2n) is 6.66. The Labute approximate surface area is 171 Å². The number of hydrogen-bond acceptors (Lipinski definition) is 5. The number of benzene rings is 2. The quantitative estimate of drug-likeness (QED) is 0.503. The molecule has 0 aliphatic carbocycles. The van der Waals surface area contributed by atoms with Gasteiger partial charge in [-0.3, -0.25) is 9.59 Å². The third-order valence-electron chi connectivity index (χ3n) is 4.55. The highest BCUT2D eigenvalue weighted by Gasteiger charge is 2.11. The molecule has 6 nitrogen and oxygen atoms in total. The standard InChI is InChI=1S/C22H17ClN2O4/c1-13-4-2-3-5-16(13)20-12-18(26)17-10-14(6-8-19(17)28-20)24-22(27)9-7-15-11-21(23)25-29-15/h2-6,8,10-12H,7,9H2,1H3,(H,24,27). The lowest BCUT2D eigenvalue weighted by Crippen LogP contribution is -2.12. The minimum atomic E-state index is -0.210. The summed E-state index contributed by atoms with van der Waals surface area (Å²) in [4.78, 5) is 24.8. The van der Waals surface area contributed by atoms with Crippen LogP contribution in [0.1, 0.15) is 17.7 Å². The van der Waals surface area contributed by atoms with Crippen LogP contribution < -0.4 is 10.7 Å². The number of aryl methyl sites for hydroxylation is 2. The fraction of sp³-hybridized carbons (Fsp3) is 0.136. The van der Waals surface area contributed by atoms with E-state index in [9.17, 15) is 9.59 Å². The Kier molecular flexibility index (Phi) is 5.18. The lowest BCUT2D eigenvalue weighted by atomic mass is 10.1. The van der Waals surface area contributed by atoms with Gasteiger partial charge in [0.05, 0.1) is 5.39 Å². The van der Waals surface area contributed by atoms with Gasteiger partial charge in [-0.2, -0.15) is 0 Å². The van der Waals surface area contributed by atoms with Crippen molar-refractivity contribution in [3.8, 4) is 11.3 Å². The summed E-state index contributed by atoms with van der Waals surface area (Å²) >= 11 is 5.69. The molecule has 0 unspecified atom stereocenters. The predicted molar refractivity (Wildman–Crippen MR) is 111 cm³/mol. The van der Waals surface area contributed by atoms with Crippen molar-refractivity contribution in [3.63, 3.8) is 0 Å². The first-order chi connectivity index (χ1) is 14.0. The van der Waals surface area contributed by atoms with Crippen molar-refractivity contribution in [2.75, 3.05) is 5.32 Å². The lowest BCUT2D eigenvalue weighted by molar-refractivity contribution is -0.116. The highest BCUT2D eigenvalue weighted by molar-refractivity contribution is 6.29. The van der Waals surface area contributed by atoms with Crippen LogP contribution in [0.2, 0.25) is 5.15 Å². The van der Waals surface area contributed by atoms with Gasteiger partial charge in [0.15, 0.2) is 10.6 Å². The number of amides is 1. The van der Waals surface area contributed by atoms with Crippen LogP contribution >= 0.6 is 11.6 Å². The maximum atomic E-state index is 12.6. The molecule has 4 aromatic rings. The molecular formula is C22H17ClN2O4. The molecule has 2 aromatic heterocycles. The summed E-state index contributed by atoms with van der Waals surface area (Å²) < 4.78 is 10.9. The molecule has 1 N–H and O–H groups in total. The summed E-state index contributed by atoms with van der Waals surface area (Å²) in [5.74, 6) is 0.842. The third-order valence-corrected chi connectivity index (χ3v) is 4.73. The van der Waals surface area contributed by atoms with Gasteiger partial charge in [0.1, 0.15) is 17.1 Å². The normalized spacial score (nSPS) is 11.0. The van der Waals surface area contributed by atoms with Gasteiger partial charge in [-0.15, -0.1) is 0 Å². The minimum Gasteiger partial charge on any atom is -0.456 e. The van der Waals surface area contributed by atoms with Gasteiger partial charge in [-0.1, -0.05) is 41.0 Å². The zero-order chi connectivity index (χ0) is 20.4. The van der Waals surface area contributed by atoms with Crippen LogP contribution in [-0.4, -0.2) is 11.1 Å². The molecule has 0 saturated carbocycles. The first kappa shape index (κ1) is 19.0. The van der Waals surface area contributed by atoms with E-state index in [4.69, 9.17) is 20.5 Å². The van der Waals surface area contributed by atoms with Crippen LogP contribution in [-0.2, 0) is 11.2 Å². The van der Waals surface area contributed by atoms with Crippen LogP contribution in [0.15, 0.2) is 68.3 Å². The van der Waals surface area contributed by atoms with Crippen LogP contribution in [0.25, 0.3) is 22.3 Å². The Morgan fingerprint density at radius 3 is 2.72 bits per heavy atom. The SMILES string of the molecule is Cc1ccccc1-c1cc(=O)c2cc(NC(=O)CCc3cc(Cl)no3)ccc2o1. The van der Waals surface area contributed by atoms with Gasteiger partial charge in [0, 0.05) is 36.2 Å². The molecule has 2 heterocycles. The van der Waals surface area contributed by atoms with Gasteiger partial charge < -0.3 is 14.3 Å². The summed E-state index contributed by atoms with van der Waals surface area (Å²) in [5.41, 5.74) is 2.71. The van der Waals surface area contributed by atoms with Crippen LogP contribution in [0.4, 0.5) is 5.69 Å². The number of halogens is 1.